The number of hydrogen-bond donors (Lipinski definition) is 0. The Balaban J connectivity index is 2.22. The van der Waals surface area contributed by atoms with Crippen LogP contribution in [0.4, 0.5) is 0 Å². The molecule has 0 heterocycles. The first kappa shape index (κ1) is 13.9. The molecule has 0 spiro atoms. The molecule has 0 saturated heterocycles. The zero-order valence-corrected chi connectivity index (χ0v) is 11.7. The Morgan fingerprint density at radius 1 is 1.05 bits per heavy atom. The molecule has 0 radical (unpaired) electrons. The van der Waals surface area contributed by atoms with Crippen molar-refractivity contribution in [2.75, 3.05) is 0 Å². The van der Waals surface area contributed by atoms with E-state index in [1.165, 1.54) is 11.6 Å². The van der Waals surface area contributed by atoms with Crippen molar-refractivity contribution in [2.45, 2.75) is 19.8 Å². The minimum Gasteiger partial charge on any atom is -0.456 e. The van der Waals surface area contributed by atoms with Crippen LogP contribution in [0.25, 0.3) is 5.76 Å². The molecule has 0 aliphatic heterocycles. The summed E-state index contributed by atoms with van der Waals surface area (Å²) in [6.07, 6.45) is 1.42. The minimum atomic E-state index is 0.493. The molecule has 0 atom stereocenters. The fraction of sp³-hybridized carbons (Fsp3) is 0.167. The average molecular weight is 263 g/mol. The van der Waals surface area contributed by atoms with Crippen LogP contribution < -0.4 is 4.74 Å². The lowest BCUT2D eigenvalue weighted by atomic mass is 10.0. The fourth-order valence-electron chi connectivity index (χ4n) is 1.88. The van der Waals surface area contributed by atoms with E-state index >= 15 is 0 Å². The molecule has 2 heteroatoms. The third-order valence-electron chi connectivity index (χ3n) is 3.03. The van der Waals surface area contributed by atoms with E-state index in [1.54, 1.807) is 0 Å². The van der Waals surface area contributed by atoms with E-state index in [0.717, 1.165) is 11.3 Å². The summed E-state index contributed by atoms with van der Waals surface area (Å²) in [6, 6.07) is 19.6. The van der Waals surface area contributed by atoms with Crippen molar-refractivity contribution in [3.63, 3.8) is 0 Å². The van der Waals surface area contributed by atoms with E-state index < -0.39 is 0 Å². The van der Waals surface area contributed by atoms with Crippen LogP contribution in [0.1, 0.15) is 30.9 Å². The smallest absolute Gasteiger partial charge is 0.145 e. The molecule has 0 bridgehead atoms. The molecule has 100 valence electrons. The molecule has 0 amide bonds. The predicted molar refractivity (Wildman–Crippen MR) is 81.2 cm³/mol. The molecule has 20 heavy (non-hydrogen) atoms. The Kier molecular flexibility index (Phi) is 4.57. The Labute approximate surface area is 119 Å². The molecule has 0 aliphatic carbocycles. The molecular formula is C18H17NO. The SMILES string of the molecule is CC(C)c1ccc(O/C(=C/C#N)c2ccccc2)cc1. The van der Waals surface area contributed by atoms with Crippen molar-refractivity contribution in [2.24, 2.45) is 0 Å². The maximum Gasteiger partial charge on any atom is 0.145 e. The summed E-state index contributed by atoms with van der Waals surface area (Å²) >= 11 is 0. The average Bonchev–Trinajstić information content (AvgIpc) is 2.48. The second kappa shape index (κ2) is 6.58. The van der Waals surface area contributed by atoms with Gasteiger partial charge in [-0.1, -0.05) is 56.3 Å². The zero-order valence-electron chi connectivity index (χ0n) is 11.7. The van der Waals surface area contributed by atoms with Gasteiger partial charge in [0.2, 0.25) is 0 Å². The maximum atomic E-state index is 8.89. The number of hydrogen-bond acceptors (Lipinski definition) is 2. The topological polar surface area (TPSA) is 33.0 Å². The van der Waals surface area contributed by atoms with Crippen LogP contribution in [-0.4, -0.2) is 0 Å². The highest BCUT2D eigenvalue weighted by molar-refractivity contribution is 5.64. The van der Waals surface area contributed by atoms with Crippen LogP contribution in [-0.2, 0) is 0 Å². The highest BCUT2D eigenvalue weighted by Crippen LogP contribution is 2.23. The lowest BCUT2D eigenvalue weighted by Crippen LogP contribution is -1.95. The Morgan fingerprint density at radius 2 is 1.70 bits per heavy atom. The highest BCUT2D eigenvalue weighted by Gasteiger charge is 2.05. The Hall–Kier alpha value is -2.53. The first-order valence-corrected chi connectivity index (χ1v) is 6.63. The summed E-state index contributed by atoms with van der Waals surface area (Å²) in [5.41, 5.74) is 2.16. The normalized spacial score (nSPS) is 11.2. The van der Waals surface area contributed by atoms with Gasteiger partial charge in [-0.3, -0.25) is 0 Å². The second-order valence-corrected chi connectivity index (χ2v) is 4.83. The summed E-state index contributed by atoms with van der Waals surface area (Å²) in [4.78, 5) is 0. The summed E-state index contributed by atoms with van der Waals surface area (Å²) in [6.45, 7) is 4.31. The van der Waals surface area contributed by atoms with E-state index in [2.05, 4.69) is 26.0 Å². The predicted octanol–water partition coefficient (Wildman–Crippen LogP) is 4.75. The molecule has 0 aliphatic rings. The van der Waals surface area contributed by atoms with Gasteiger partial charge in [0.1, 0.15) is 11.5 Å². The lowest BCUT2D eigenvalue weighted by Gasteiger charge is -2.11. The van der Waals surface area contributed by atoms with Gasteiger partial charge in [0.05, 0.1) is 12.1 Å². The number of allylic oxidation sites excluding steroid dienone is 1. The monoisotopic (exact) mass is 263 g/mol. The first-order valence-electron chi connectivity index (χ1n) is 6.63. The van der Waals surface area contributed by atoms with Crippen LogP contribution in [0.15, 0.2) is 60.7 Å². The molecule has 0 saturated carbocycles. The Bertz CT molecular complexity index is 619. The highest BCUT2D eigenvalue weighted by atomic mass is 16.5. The number of nitriles is 1. The van der Waals surface area contributed by atoms with Gasteiger partial charge in [-0.25, -0.2) is 0 Å². The number of benzene rings is 2. The van der Waals surface area contributed by atoms with Gasteiger partial charge in [-0.05, 0) is 23.6 Å². The zero-order chi connectivity index (χ0) is 14.4. The molecule has 2 aromatic carbocycles. The minimum absolute atomic E-state index is 0.493. The molecule has 2 rings (SSSR count). The van der Waals surface area contributed by atoms with Crippen LogP contribution in [0.2, 0.25) is 0 Å². The van der Waals surface area contributed by atoms with Crippen molar-refractivity contribution in [3.05, 3.63) is 71.8 Å². The quantitative estimate of drug-likeness (QED) is 0.589. The Morgan fingerprint density at radius 3 is 2.25 bits per heavy atom. The van der Waals surface area contributed by atoms with E-state index in [4.69, 9.17) is 10.00 Å². The van der Waals surface area contributed by atoms with Gasteiger partial charge in [0.15, 0.2) is 0 Å². The first-order chi connectivity index (χ1) is 9.70. The molecule has 0 aromatic heterocycles. The van der Waals surface area contributed by atoms with Crippen LogP contribution in [0.3, 0.4) is 0 Å². The standard InChI is InChI=1S/C18H17NO/c1-14(2)15-8-10-17(11-9-15)20-18(12-13-19)16-6-4-3-5-7-16/h3-12,14H,1-2H3/b18-12+. The maximum absolute atomic E-state index is 8.89. The van der Waals surface area contributed by atoms with Gasteiger partial charge in [-0.15, -0.1) is 0 Å². The molecule has 2 aromatic rings. The third kappa shape index (κ3) is 3.49. The van der Waals surface area contributed by atoms with E-state index in [1.807, 2.05) is 48.5 Å². The molecule has 0 N–H and O–H groups in total. The van der Waals surface area contributed by atoms with Gasteiger partial charge in [0, 0.05) is 5.56 Å². The molecule has 0 unspecified atom stereocenters. The second-order valence-electron chi connectivity index (χ2n) is 4.83. The van der Waals surface area contributed by atoms with E-state index in [9.17, 15) is 0 Å². The molecular weight excluding hydrogens is 246 g/mol. The third-order valence-corrected chi connectivity index (χ3v) is 3.03. The summed E-state index contributed by atoms with van der Waals surface area (Å²) in [5, 5.41) is 8.89. The molecule has 2 nitrogen and oxygen atoms in total. The fourth-order valence-corrected chi connectivity index (χ4v) is 1.88. The van der Waals surface area contributed by atoms with Gasteiger partial charge >= 0.3 is 0 Å². The number of rotatable bonds is 4. The number of ether oxygens (including phenoxy) is 1. The van der Waals surface area contributed by atoms with Gasteiger partial charge < -0.3 is 4.74 Å². The van der Waals surface area contributed by atoms with E-state index in [-0.39, 0.29) is 0 Å². The summed E-state index contributed by atoms with van der Waals surface area (Å²) in [5.74, 6) is 1.79. The van der Waals surface area contributed by atoms with E-state index in [0.29, 0.717) is 11.7 Å². The summed E-state index contributed by atoms with van der Waals surface area (Å²) < 4.78 is 5.81. The van der Waals surface area contributed by atoms with Crippen molar-refractivity contribution >= 4 is 5.76 Å². The van der Waals surface area contributed by atoms with Crippen molar-refractivity contribution in [1.82, 2.24) is 0 Å². The molecule has 0 fully saturated rings. The van der Waals surface area contributed by atoms with Gasteiger partial charge in [0.25, 0.3) is 0 Å². The van der Waals surface area contributed by atoms with Crippen molar-refractivity contribution in [3.8, 4) is 11.8 Å². The van der Waals surface area contributed by atoms with Gasteiger partial charge in [-0.2, -0.15) is 5.26 Å². The van der Waals surface area contributed by atoms with Crippen LogP contribution >= 0.6 is 0 Å². The van der Waals surface area contributed by atoms with Crippen molar-refractivity contribution in [1.29, 1.82) is 5.26 Å². The van der Waals surface area contributed by atoms with Crippen LogP contribution in [0.5, 0.6) is 5.75 Å². The van der Waals surface area contributed by atoms with Crippen molar-refractivity contribution < 1.29 is 4.74 Å². The summed E-state index contributed by atoms with van der Waals surface area (Å²) in [7, 11) is 0. The lowest BCUT2D eigenvalue weighted by molar-refractivity contribution is 0.515. The van der Waals surface area contributed by atoms with Crippen LogP contribution in [0, 0.1) is 11.3 Å². The number of nitrogens with zero attached hydrogens (tertiary/aromatic N) is 1. The largest absolute Gasteiger partial charge is 0.456 e.